The molecule has 7 heteroatoms. The minimum absolute atomic E-state index is 0.0707. The number of nitrogens with zero attached hydrogens (tertiary/aromatic N) is 4. The van der Waals surface area contributed by atoms with Gasteiger partial charge in [-0.1, -0.05) is 0 Å². The number of oxazole rings is 1. The molecule has 1 fully saturated rings. The van der Waals surface area contributed by atoms with Crippen LogP contribution in [0.25, 0.3) is 11.1 Å². The van der Waals surface area contributed by atoms with E-state index in [1.807, 2.05) is 42.5 Å². The van der Waals surface area contributed by atoms with Crippen LogP contribution >= 0.6 is 0 Å². The lowest BCUT2D eigenvalue weighted by molar-refractivity contribution is 0.183. The standard InChI is InChI=1S/C17H19N5O2/c1-12-19-15-10-13(2-3-16(15)24-12)20-17(23)21-7-4-14(5-8-21)22-9-6-18-11-22/h2-3,6,9-11,14H,4-5,7-8H2,1H3,(H,20,23). The van der Waals surface area contributed by atoms with Gasteiger partial charge in [-0.2, -0.15) is 0 Å². The number of imidazole rings is 1. The van der Waals surface area contributed by atoms with Crippen LogP contribution in [0.3, 0.4) is 0 Å². The van der Waals surface area contributed by atoms with Gasteiger partial charge in [0.2, 0.25) is 0 Å². The number of fused-ring (bicyclic) bond motifs is 1. The summed E-state index contributed by atoms with van der Waals surface area (Å²) in [7, 11) is 0. The van der Waals surface area contributed by atoms with Crippen LogP contribution in [0, 0.1) is 6.92 Å². The lowest BCUT2D eigenvalue weighted by atomic mass is 10.1. The van der Waals surface area contributed by atoms with Gasteiger partial charge >= 0.3 is 6.03 Å². The number of hydrogen-bond acceptors (Lipinski definition) is 4. The van der Waals surface area contributed by atoms with Gasteiger partial charge < -0.3 is 19.2 Å². The first-order valence-electron chi connectivity index (χ1n) is 8.09. The van der Waals surface area contributed by atoms with E-state index in [9.17, 15) is 4.79 Å². The Morgan fingerprint density at radius 2 is 2.17 bits per heavy atom. The average Bonchev–Trinajstić information content (AvgIpc) is 3.23. The summed E-state index contributed by atoms with van der Waals surface area (Å²) in [5, 5.41) is 2.95. The molecule has 1 N–H and O–H groups in total. The van der Waals surface area contributed by atoms with Gasteiger partial charge in [0.1, 0.15) is 5.52 Å². The number of hydrogen-bond donors (Lipinski definition) is 1. The fourth-order valence-electron chi connectivity index (χ4n) is 3.18. The summed E-state index contributed by atoms with van der Waals surface area (Å²) in [4.78, 5) is 22.7. The van der Waals surface area contributed by atoms with Crippen molar-refractivity contribution in [2.75, 3.05) is 18.4 Å². The minimum Gasteiger partial charge on any atom is -0.441 e. The van der Waals surface area contributed by atoms with Gasteiger partial charge in [-0.25, -0.2) is 14.8 Å². The van der Waals surface area contributed by atoms with Gasteiger partial charge in [0.25, 0.3) is 0 Å². The maximum atomic E-state index is 12.5. The van der Waals surface area contributed by atoms with E-state index in [4.69, 9.17) is 4.42 Å². The van der Waals surface area contributed by atoms with Crippen LogP contribution < -0.4 is 5.32 Å². The van der Waals surface area contributed by atoms with E-state index in [1.54, 1.807) is 6.20 Å². The van der Waals surface area contributed by atoms with E-state index in [0.29, 0.717) is 11.9 Å². The summed E-state index contributed by atoms with van der Waals surface area (Å²) >= 11 is 0. The Morgan fingerprint density at radius 1 is 1.33 bits per heavy atom. The number of rotatable bonds is 2. The summed E-state index contributed by atoms with van der Waals surface area (Å²) in [6, 6.07) is 5.85. The second-order valence-corrected chi connectivity index (χ2v) is 6.07. The van der Waals surface area contributed by atoms with Crippen LogP contribution in [0.4, 0.5) is 10.5 Å². The molecule has 2 aromatic heterocycles. The highest BCUT2D eigenvalue weighted by molar-refractivity contribution is 5.91. The molecule has 0 unspecified atom stereocenters. The van der Waals surface area contributed by atoms with Crippen LogP contribution in [-0.2, 0) is 0 Å². The molecular weight excluding hydrogens is 306 g/mol. The van der Waals surface area contributed by atoms with E-state index in [-0.39, 0.29) is 6.03 Å². The van der Waals surface area contributed by atoms with E-state index in [0.717, 1.165) is 42.7 Å². The molecule has 0 saturated carbocycles. The Hall–Kier alpha value is -2.83. The Labute approximate surface area is 139 Å². The fraction of sp³-hybridized carbons (Fsp3) is 0.353. The smallest absolute Gasteiger partial charge is 0.321 e. The molecule has 1 aliphatic heterocycles. The van der Waals surface area contributed by atoms with Crippen LogP contribution in [-0.4, -0.2) is 38.6 Å². The topological polar surface area (TPSA) is 76.2 Å². The highest BCUT2D eigenvalue weighted by atomic mass is 16.3. The van der Waals surface area contributed by atoms with Crippen LogP contribution in [0.5, 0.6) is 0 Å². The Morgan fingerprint density at radius 3 is 2.92 bits per heavy atom. The van der Waals surface area contributed by atoms with Crippen molar-refractivity contribution in [2.45, 2.75) is 25.8 Å². The number of carbonyl (C=O) groups is 1. The van der Waals surface area contributed by atoms with Gasteiger partial charge in [0, 0.05) is 44.1 Å². The van der Waals surface area contributed by atoms with Crippen molar-refractivity contribution in [3.05, 3.63) is 42.8 Å². The van der Waals surface area contributed by atoms with Crippen molar-refractivity contribution in [2.24, 2.45) is 0 Å². The largest absolute Gasteiger partial charge is 0.441 e. The maximum absolute atomic E-state index is 12.5. The number of anilines is 1. The number of urea groups is 1. The van der Waals surface area contributed by atoms with Crippen molar-refractivity contribution in [1.29, 1.82) is 0 Å². The molecule has 0 aliphatic carbocycles. The zero-order valence-electron chi connectivity index (χ0n) is 13.5. The Kier molecular flexibility index (Phi) is 3.68. The number of likely N-dealkylation sites (tertiary alicyclic amines) is 1. The Balaban J connectivity index is 1.39. The zero-order valence-corrected chi connectivity index (χ0v) is 13.5. The third-order valence-electron chi connectivity index (χ3n) is 4.44. The first kappa shape index (κ1) is 14.7. The quantitative estimate of drug-likeness (QED) is 0.785. The number of benzene rings is 1. The predicted octanol–water partition coefficient (Wildman–Crippen LogP) is 3.20. The second kappa shape index (κ2) is 5.99. The third kappa shape index (κ3) is 2.84. The van der Waals surface area contributed by atoms with Crippen LogP contribution in [0.2, 0.25) is 0 Å². The average molecular weight is 325 g/mol. The molecule has 3 aromatic rings. The molecule has 0 bridgehead atoms. The number of nitrogens with one attached hydrogen (secondary N) is 1. The first-order valence-corrected chi connectivity index (χ1v) is 8.09. The fourth-order valence-corrected chi connectivity index (χ4v) is 3.18. The van der Waals surface area contributed by atoms with Gasteiger partial charge in [0.15, 0.2) is 11.5 Å². The Bertz CT molecular complexity index is 847. The molecule has 0 radical (unpaired) electrons. The molecule has 1 saturated heterocycles. The number of piperidine rings is 1. The lowest BCUT2D eigenvalue weighted by Gasteiger charge is -2.32. The predicted molar refractivity (Wildman–Crippen MR) is 89.8 cm³/mol. The highest BCUT2D eigenvalue weighted by Gasteiger charge is 2.23. The second-order valence-electron chi connectivity index (χ2n) is 6.07. The molecule has 1 aliphatic rings. The van der Waals surface area contributed by atoms with Crippen molar-refractivity contribution in [3.63, 3.8) is 0 Å². The molecular formula is C17H19N5O2. The monoisotopic (exact) mass is 325 g/mol. The number of carbonyl (C=O) groups excluding carboxylic acids is 1. The van der Waals surface area contributed by atoms with Crippen LogP contribution in [0.15, 0.2) is 41.3 Å². The van der Waals surface area contributed by atoms with E-state index in [2.05, 4.69) is 19.9 Å². The van der Waals surface area contributed by atoms with E-state index >= 15 is 0 Å². The summed E-state index contributed by atoms with van der Waals surface area (Å²) in [5.74, 6) is 0.620. The molecule has 24 heavy (non-hydrogen) atoms. The van der Waals surface area contributed by atoms with Crippen LogP contribution in [0.1, 0.15) is 24.8 Å². The summed E-state index contributed by atoms with van der Waals surface area (Å²) in [6.45, 7) is 3.28. The number of aryl methyl sites for hydroxylation is 1. The van der Waals surface area contributed by atoms with E-state index in [1.165, 1.54) is 0 Å². The first-order chi connectivity index (χ1) is 11.7. The van der Waals surface area contributed by atoms with Crippen molar-refractivity contribution < 1.29 is 9.21 Å². The molecule has 124 valence electrons. The molecule has 0 spiro atoms. The summed E-state index contributed by atoms with van der Waals surface area (Å²) < 4.78 is 7.57. The van der Waals surface area contributed by atoms with E-state index < -0.39 is 0 Å². The molecule has 1 aromatic carbocycles. The summed E-state index contributed by atoms with van der Waals surface area (Å²) in [5.41, 5.74) is 2.22. The molecule has 7 nitrogen and oxygen atoms in total. The normalized spacial score (nSPS) is 15.8. The van der Waals surface area contributed by atoms with Crippen molar-refractivity contribution in [3.8, 4) is 0 Å². The maximum Gasteiger partial charge on any atom is 0.321 e. The van der Waals surface area contributed by atoms with Gasteiger partial charge in [0.05, 0.1) is 6.33 Å². The third-order valence-corrected chi connectivity index (χ3v) is 4.44. The van der Waals surface area contributed by atoms with Gasteiger partial charge in [-0.3, -0.25) is 0 Å². The summed E-state index contributed by atoms with van der Waals surface area (Å²) in [6.07, 6.45) is 7.49. The van der Waals surface area contributed by atoms with Gasteiger partial charge in [-0.05, 0) is 31.0 Å². The molecule has 4 rings (SSSR count). The lowest BCUT2D eigenvalue weighted by Crippen LogP contribution is -2.41. The minimum atomic E-state index is -0.0707. The highest BCUT2D eigenvalue weighted by Crippen LogP contribution is 2.23. The zero-order chi connectivity index (χ0) is 16.5. The molecule has 2 amide bonds. The van der Waals surface area contributed by atoms with Crippen molar-refractivity contribution in [1.82, 2.24) is 19.4 Å². The van der Waals surface area contributed by atoms with Gasteiger partial charge in [-0.15, -0.1) is 0 Å². The number of aromatic nitrogens is 3. The van der Waals surface area contributed by atoms with Crippen molar-refractivity contribution >= 4 is 22.8 Å². The molecule has 3 heterocycles. The number of amides is 2. The molecule has 0 atom stereocenters. The SMILES string of the molecule is Cc1nc2cc(NC(=O)N3CCC(n4ccnc4)CC3)ccc2o1.